The van der Waals surface area contributed by atoms with Crippen LogP contribution >= 0.6 is 0 Å². The van der Waals surface area contributed by atoms with E-state index in [9.17, 15) is 13.2 Å². The summed E-state index contributed by atoms with van der Waals surface area (Å²) in [6.07, 6.45) is -0.342. The van der Waals surface area contributed by atoms with Crippen molar-refractivity contribution in [3.8, 4) is 5.75 Å². The zero-order valence-corrected chi connectivity index (χ0v) is 18.3. The molecule has 162 valence electrons. The minimum atomic E-state index is -3.69. The van der Waals surface area contributed by atoms with Gasteiger partial charge in [-0.1, -0.05) is 24.3 Å². The Bertz CT molecular complexity index is 965. The van der Waals surface area contributed by atoms with Crippen molar-refractivity contribution >= 4 is 15.8 Å². The van der Waals surface area contributed by atoms with Crippen molar-refractivity contribution in [1.29, 1.82) is 0 Å². The van der Waals surface area contributed by atoms with Gasteiger partial charge in [0, 0.05) is 25.2 Å². The van der Waals surface area contributed by atoms with Crippen LogP contribution in [-0.4, -0.2) is 57.5 Å². The van der Waals surface area contributed by atoms with Gasteiger partial charge in [-0.05, 0) is 43.7 Å². The molecule has 0 radical (unpaired) electrons. The van der Waals surface area contributed by atoms with Gasteiger partial charge in [0.05, 0.1) is 30.8 Å². The Kier molecular flexibility index (Phi) is 7.25. The van der Waals surface area contributed by atoms with Crippen molar-refractivity contribution in [3.63, 3.8) is 0 Å². The van der Waals surface area contributed by atoms with Gasteiger partial charge in [-0.3, -0.25) is 4.79 Å². The van der Waals surface area contributed by atoms with Gasteiger partial charge < -0.3 is 14.8 Å². The highest BCUT2D eigenvalue weighted by Crippen LogP contribution is 2.22. The molecular weight excluding hydrogens is 404 g/mol. The third-order valence-corrected chi connectivity index (χ3v) is 6.78. The molecule has 2 unspecified atom stereocenters. The van der Waals surface area contributed by atoms with Crippen LogP contribution in [0.4, 0.5) is 0 Å². The third kappa shape index (κ3) is 5.46. The van der Waals surface area contributed by atoms with Crippen molar-refractivity contribution in [3.05, 3.63) is 59.7 Å². The summed E-state index contributed by atoms with van der Waals surface area (Å²) in [5.41, 5.74) is 1.39. The highest BCUT2D eigenvalue weighted by atomic mass is 32.2. The number of hydrogen-bond donors (Lipinski definition) is 1. The average Bonchev–Trinajstić information content (AvgIpc) is 2.73. The summed E-state index contributed by atoms with van der Waals surface area (Å²) in [6, 6.07) is 13.8. The number of nitrogens with zero attached hydrogens (tertiary/aromatic N) is 1. The van der Waals surface area contributed by atoms with Crippen molar-refractivity contribution in [1.82, 2.24) is 9.62 Å². The van der Waals surface area contributed by atoms with Crippen molar-refractivity contribution in [2.75, 3.05) is 26.7 Å². The van der Waals surface area contributed by atoms with E-state index in [1.54, 1.807) is 19.2 Å². The van der Waals surface area contributed by atoms with Crippen LogP contribution in [0.5, 0.6) is 5.75 Å². The van der Waals surface area contributed by atoms with Crippen LogP contribution in [0.25, 0.3) is 0 Å². The quantitative estimate of drug-likeness (QED) is 0.645. The number of ketones is 1. The molecule has 7 nitrogen and oxygen atoms in total. The number of rotatable bonds is 8. The molecule has 8 heteroatoms. The predicted octanol–water partition coefficient (Wildman–Crippen LogP) is 2.47. The third-order valence-electron chi connectivity index (χ3n) is 4.95. The number of methoxy groups -OCH3 is 1. The Morgan fingerprint density at radius 1 is 1.13 bits per heavy atom. The maximum absolute atomic E-state index is 13.0. The SMILES string of the molecule is COc1ccc(CNCC(=O)c2cccc(S(=O)(=O)N3CC(C)OC(C)C3)c2)cc1. The number of benzene rings is 2. The van der Waals surface area contributed by atoms with Gasteiger partial charge in [0.1, 0.15) is 5.75 Å². The van der Waals surface area contributed by atoms with Crippen LogP contribution in [0.15, 0.2) is 53.4 Å². The number of morpholine rings is 1. The molecule has 1 saturated heterocycles. The van der Waals surface area contributed by atoms with Gasteiger partial charge in [-0.2, -0.15) is 4.31 Å². The molecule has 1 fully saturated rings. The van der Waals surface area contributed by atoms with E-state index < -0.39 is 10.0 Å². The first-order valence-electron chi connectivity index (χ1n) is 9.92. The van der Waals surface area contributed by atoms with Crippen LogP contribution in [-0.2, 0) is 21.3 Å². The van der Waals surface area contributed by atoms with E-state index in [0.717, 1.165) is 11.3 Å². The predicted molar refractivity (Wildman–Crippen MR) is 114 cm³/mol. The summed E-state index contributed by atoms with van der Waals surface area (Å²) in [4.78, 5) is 12.7. The highest BCUT2D eigenvalue weighted by Gasteiger charge is 2.32. The lowest BCUT2D eigenvalue weighted by Crippen LogP contribution is -2.48. The molecule has 2 aromatic rings. The number of nitrogens with one attached hydrogen (secondary N) is 1. The summed E-state index contributed by atoms with van der Waals surface area (Å²) >= 11 is 0. The first-order chi connectivity index (χ1) is 14.3. The molecule has 1 aliphatic rings. The van der Waals surface area contributed by atoms with Gasteiger partial charge in [0.25, 0.3) is 0 Å². The van der Waals surface area contributed by atoms with E-state index in [0.29, 0.717) is 25.2 Å². The largest absolute Gasteiger partial charge is 0.497 e. The van der Waals surface area contributed by atoms with E-state index in [1.807, 2.05) is 38.1 Å². The Labute approximate surface area is 178 Å². The fraction of sp³-hybridized carbons (Fsp3) is 0.409. The van der Waals surface area contributed by atoms with E-state index >= 15 is 0 Å². The topological polar surface area (TPSA) is 84.9 Å². The molecule has 30 heavy (non-hydrogen) atoms. The number of carbonyl (C=O) groups is 1. The second-order valence-corrected chi connectivity index (χ2v) is 9.42. The molecule has 0 amide bonds. The second-order valence-electron chi connectivity index (χ2n) is 7.48. The number of carbonyl (C=O) groups excluding carboxylic acids is 1. The van der Waals surface area contributed by atoms with Crippen LogP contribution < -0.4 is 10.1 Å². The summed E-state index contributed by atoms with van der Waals surface area (Å²) in [6.45, 7) is 4.94. The minimum Gasteiger partial charge on any atom is -0.497 e. The van der Waals surface area contributed by atoms with Gasteiger partial charge >= 0.3 is 0 Å². The molecule has 1 N–H and O–H groups in total. The van der Waals surface area contributed by atoms with E-state index in [2.05, 4.69) is 5.32 Å². The van der Waals surface area contributed by atoms with Gasteiger partial charge in [-0.25, -0.2) is 8.42 Å². The second kappa shape index (κ2) is 9.70. The molecule has 0 spiro atoms. The maximum atomic E-state index is 13.0. The van der Waals surface area contributed by atoms with Gasteiger partial charge in [0.15, 0.2) is 5.78 Å². The molecule has 2 atom stereocenters. The summed E-state index contributed by atoms with van der Waals surface area (Å²) in [5.74, 6) is 0.612. The monoisotopic (exact) mass is 432 g/mol. The van der Waals surface area contributed by atoms with Crippen LogP contribution in [0.2, 0.25) is 0 Å². The molecule has 2 aromatic carbocycles. The van der Waals surface area contributed by atoms with Crippen LogP contribution in [0.1, 0.15) is 29.8 Å². The molecule has 1 aliphatic heterocycles. The Hall–Kier alpha value is -2.26. The van der Waals surface area contributed by atoms with Gasteiger partial charge in [0.2, 0.25) is 10.0 Å². The molecule has 1 heterocycles. The van der Waals surface area contributed by atoms with E-state index in [-0.39, 0.29) is 29.4 Å². The summed E-state index contributed by atoms with van der Waals surface area (Å²) in [5, 5.41) is 3.10. The lowest BCUT2D eigenvalue weighted by molar-refractivity contribution is -0.0440. The molecule has 0 aromatic heterocycles. The molecule has 0 aliphatic carbocycles. The Balaban J connectivity index is 1.64. The number of hydrogen-bond acceptors (Lipinski definition) is 6. The normalized spacial score (nSPS) is 20.1. The first-order valence-corrected chi connectivity index (χ1v) is 11.4. The van der Waals surface area contributed by atoms with Gasteiger partial charge in [-0.15, -0.1) is 0 Å². The fourth-order valence-corrected chi connectivity index (χ4v) is 5.11. The Morgan fingerprint density at radius 3 is 2.43 bits per heavy atom. The van der Waals surface area contributed by atoms with Crippen LogP contribution in [0, 0.1) is 0 Å². The van der Waals surface area contributed by atoms with Crippen molar-refractivity contribution in [2.45, 2.75) is 37.5 Å². The fourth-order valence-electron chi connectivity index (χ4n) is 3.47. The lowest BCUT2D eigenvalue weighted by atomic mass is 10.1. The van der Waals surface area contributed by atoms with Crippen molar-refractivity contribution in [2.24, 2.45) is 0 Å². The maximum Gasteiger partial charge on any atom is 0.243 e. The minimum absolute atomic E-state index is 0.112. The lowest BCUT2D eigenvalue weighted by Gasteiger charge is -2.34. The Morgan fingerprint density at radius 2 is 1.80 bits per heavy atom. The number of sulfonamides is 1. The first kappa shape index (κ1) is 22.4. The highest BCUT2D eigenvalue weighted by molar-refractivity contribution is 7.89. The van der Waals surface area contributed by atoms with E-state index in [1.165, 1.54) is 16.4 Å². The summed E-state index contributed by atoms with van der Waals surface area (Å²) < 4.78 is 38.3. The van der Waals surface area contributed by atoms with E-state index in [4.69, 9.17) is 9.47 Å². The molecule has 3 rings (SSSR count). The zero-order valence-electron chi connectivity index (χ0n) is 17.5. The smallest absolute Gasteiger partial charge is 0.243 e. The van der Waals surface area contributed by atoms with Crippen LogP contribution in [0.3, 0.4) is 0 Å². The number of ether oxygens (including phenoxy) is 2. The zero-order chi connectivity index (χ0) is 21.7. The summed E-state index contributed by atoms with van der Waals surface area (Å²) in [7, 11) is -2.07. The number of Topliss-reactive ketones (excluding diaryl/α,β-unsaturated/α-hetero) is 1. The molecular formula is C22H28N2O5S. The molecule has 0 bridgehead atoms. The molecule has 0 saturated carbocycles. The van der Waals surface area contributed by atoms with Crippen molar-refractivity contribution < 1.29 is 22.7 Å². The average molecular weight is 433 g/mol. The standard InChI is InChI=1S/C22H28N2O5S/c1-16-14-24(15-17(2)29-16)30(26,27)21-6-4-5-19(11-21)22(25)13-23-12-18-7-9-20(28-3)10-8-18/h4-11,16-17,23H,12-15H2,1-3H3.